The molecule has 5 rings (SSSR count). The molecule has 4 aliphatic carbocycles. The molecule has 5 heteroatoms. The van der Waals surface area contributed by atoms with E-state index >= 15 is 0 Å². The third-order valence-corrected chi connectivity index (χ3v) is 6.22. The Morgan fingerprint density at radius 2 is 1.84 bits per heavy atom. The molecule has 4 saturated carbocycles. The minimum absolute atomic E-state index is 0.0147. The van der Waals surface area contributed by atoms with Crippen LogP contribution < -0.4 is 4.74 Å². The predicted octanol–water partition coefficient (Wildman–Crippen LogP) is 4.48. The Balaban J connectivity index is 1.46. The van der Waals surface area contributed by atoms with Crippen molar-refractivity contribution in [2.45, 2.75) is 57.8 Å². The van der Waals surface area contributed by atoms with Gasteiger partial charge >= 0.3 is 5.97 Å². The SMILES string of the molecule is CCC(Oc1cc(C(=O)O)ccc1F)OC1C2CC3CC(C2)CC1C3. The second-order valence-corrected chi connectivity index (χ2v) is 7.94. The van der Waals surface area contributed by atoms with Crippen molar-refractivity contribution in [3.63, 3.8) is 0 Å². The van der Waals surface area contributed by atoms with Crippen LogP contribution in [0.3, 0.4) is 0 Å². The van der Waals surface area contributed by atoms with Crippen LogP contribution in [0, 0.1) is 29.5 Å². The first kappa shape index (κ1) is 16.8. The molecule has 0 spiro atoms. The maximum atomic E-state index is 14.0. The van der Waals surface area contributed by atoms with Gasteiger partial charge in [0.2, 0.25) is 0 Å². The number of carbonyl (C=O) groups is 1. The van der Waals surface area contributed by atoms with E-state index < -0.39 is 18.1 Å². The normalized spacial score (nSPS) is 34.1. The number of ether oxygens (including phenoxy) is 2. The number of hydrogen-bond acceptors (Lipinski definition) is 3. The average molecular weight is 348 g/mol. The molecular weight excluding hydrogens is 323 g/mol. The van der Waals surface area contributed by atoms with Gasteiger partial charge in [0.25, 0.3) is 0 Å². The molecule has 25 heavy (non-hydrogen) atoms. The summed E-state index contributed by atoms with van der Waals surface area (Å²) in [6.07, 6.45) is 6.63. The quantitative estimate of drug-likeness (QED) is 0.770. The van der Waals surface area contributed by atoms with Gasteiger partial charge < -0.3 is 14.6 Å². The minimum Gasteiger partial charge on any atom is -0.478 e. The smallest absolute Gasteiger partial charge is 0.335 e. The zero-order chi connectivity index (χ0) is 17.6. The first-order valence-electron chi connectivity index (χ1n) is 9.38. The Morgan fingerprint density at radius 1 is 1.20 bits per heavy atom. The lowest BCUT2D eigenvalue weighted by Crippen LogP contribution is -2.50. The topological polar surface area (TPSA) is 55.8 Å². The zero-order valence-corrected chi connectivity index (χ0v) is 14.5. The molecule has 1 atom stereocenters. The molecule has 0 aromatic heterocycles. The molecular formula is C20H25FO4. The third-order valence-electron chi connectivity index (χ3n) is 6.22. The standard InChI is InChI=1S/C20H25FO4/c1-2-18(24-17-10-13(20(22)23)3-4-16(17)21)25-19-14-6-11-5-12(8-14)9-15(19)7-11/h3-4,10-12,14-15,18-19H,2,5-9H2,1H3,(H,22,23). The number of carboxylic acid groups (broad SMARTS) is 1. The van der Waals surface area contributed by atoms with E-state index in [0.717, 1.165) is 17.9 Å². The summed E-state index contributed by atoms with van der Waals surface area (Å²) in [7, 11) is 0. The van der Waals surface area contributed by atoms with Crippen molar-refractivity contribution in [3.05, 3.63) is 29.6 Å². The maximum Gasteiger partial charge on any atom is 0.335 e. The van der Waals surface area contributed by atoms with Gasteiger partial charge in [-0.25, -0.2) is 9.18 Å². The lowest BCUT2D eigenvalue weighted by Gasteiger charge is -2.54. The molecule has 0 saturated heterocycles. The summed E-state index contributed by atoms with van der Waals surface area (Å²) in [6, 6.07) is 3.61. The Bertz CT molecular complexity index is 631. The van der Waals surface area contributed by atoms with Crippen molar-refractivity contribution in [2.24, 2.45) is 23.7 Å². The molecule has 1 unspecified atom stereocenters. The lowest BCUT2D eigenvalue weighted by molar-refractivity contribution is -0.198. The van der Waals surface area contributed by atoms with Crippen molar-refractivity contribution in [1.82, 2.24) is 0 Å². The molecule has 4 nitrogen and oxygen atoms in total. The van der Waals surface area contributed by atoms with E-state index in [-0.39, 0.29) is 17.4 Å². The van der Waals surface area contributed by atoms with Crippen LogP contribution >= 0.6 is 0 Å². The van der Waals surface area contributed by atoms with Crippen molar-refractivity contribution >= 4 is 5.97 Å². The van der Waals surface area contributed by atoms with Crippen molar-refractivity contribution < 1.29 is 23.8 Å². The second kappa shape index (κ2) is 6.60. The first-order chi connectivity index (χ1) is 12.0. The molecule has 4 bridgehead atoms. The molecule has 4 fully saturated rings. The summed E-state index contributed by atoms with van der Waals surface area (Å²) in [5.41, 5.74) is 0.0147. The van der Waals surface area contributed by atoms with Crippen molar-refractivity contribution in [2.75, 3.05) is 0 Å². The highest BCUT2D eigenvalue weighted by atomic mass is 19.1. The Labute approximate surface area is 147 Å². The van der Waals surface area contributed by atoms with E-state index in [1.807, 2.05) is 6.92 Å². The molecule has 4 aliphatic rings. The van der Waals surface area contributed by atoms with Crippen LogP contribution in [0.25, 0.3) is 0 Å². The fourth-order valence-electron chi connectivity index (χ4n) is 5.35. The number of rotatable bonds is 6. The molecule has 1 aromatic rings. The highest BCUT2D eigenvalue weighted by Crippen LogP contribution is 2.54. The number of halogens is 1. The number of aromatic carboxylic acids is 1. The van der Waals surface area contributed by atoms with Gasteiger partial charge in [-0.15, -0.1) is 0 Å². The molecule has 1 N–H and O–H groups in total. The van der Waals surface area contributed by atoms with Gasteiger partial charge in [-0.3, -0.25) is 0 Å². The molecule has 1 aromatic carbocycles. The summed E-state index contributed by atoms with van der Waals surface area (Å²) >= 11 is 0. The minimum atomic E-state index is -1.10. The van der Waals surface area contributed by atoms with Crippen molar-refractivity contribution in [3.8, 4) is 5.75 Å². The highest BCUT2D eigenvalue weighted by Gasteiger charge is 2.49. The van der Waals surface area contributed by atoms with Crippen LogP contribution in [0.1, 0.15) is 55.8 Å². The van der Waals surface area contributed by atoms with Gasteiger partial charge in [0.05, 0.1) is 11.7 Å². The van der Waals surface area contributed by atoms with E-state index in [4.69, 9.17) is 14.6 Å². The molecule has 136 valence electrons. The predicted molar refractivity (Wildman–Crippen MR) is 90.0 cm³/mol. The van der Waals surface area contributed by atoms with Gasteiger partial charge in [0.1, 0.15) is 0 Å². The van der Waals surface area contributed by atoms with Crippen LogP contribution in [0.2, 0.25) is 0 Å². The van der Waals surface area contributed by atoms with E-state index in [9.17, 15) is 9.18 Å². The average Bonchev–Trinajstić information content (AvgIpc) is 2.57. The second-order valence-electron chi connectivity index (χ2n) is 7.94. The number of benzene rings is 1. The van der Waals surface area contributed by atoms with Crippen molar-refractivity contribution in [1.29, 1.82) is 0 Å². The summed E-state index contributed by atoms with van der Waals surface area (Å²) < 4.78 is 26.1. The highest BCUT2D eigenvalue weighted by molar-refractivity contribution is 5.88. The number of carboxylic acids is 1. The van der Waals surface area contributed by atoms with E-state index in [1.54, 1.807) is 0 Å². The van der Waals surface area contributed by atoms with Crippen LogP contribution in [-0.2, 0) is 4.74 Å². The largest absolute Gasteiger partial charge is 0.478 e. The summed E-state index contributed by atoms with van der Waals surface area (Å²) in [5.74, 6) is 1.24. The van der Waals surface area contributed by atoms with E-state index in [2.05, 4.69) is 0 Å². The molecule has 0 aliphatic heterocycles. The van der Waals surface area contributed by atoms with E-state index in [1.165, 1.54) is 44.2 Å². The molecule has 0 amide bonds. The number of hydrogen-bond donors (Lipinski definition) is 1. The Kier molecular flexibility index (Phi) is 4.44. The Hall–Kier alpha value is -1.62. The van der Waals surface area contributed by atoms with Gasteiger partial charge in [-0.05, 0) is 74.0 Å². The zero-order valence-electron chi connectivity index (χ0n) is 14.5. The Morgan fingerprint density at radius 3 is 2.40 bits per heavy atom. The lowest BCUT2D eigenvalue weighted by atomic mass is 9.55. The van der Waals surface area contributed by atoms with Crippen LogP contribution in [0.15, 0.2) is 18.2 Å². The summed E-state index contributed by atoms with van der Waals surface area (Å²) in [4.78, 5) is 11.1. The van der Waals surface area contributed by atoms with Gasteiger partial charge in [0, 0.05) is 6.42 Å². The van der Waals surface area contributed by atoms with Gasteiger partial charge in [-0.1, -0.05) is 6.92 Å². The third kappa shape index (κ3) is 3.26. The summed E-state index contributed by atoms with van der Waals surface area (Å²) in [5, 5.41) is 9.08. The van der Waals surface area contributed by atoms with Gasteiger partial charge in [-0.2, -0.15) is 0 Å². The molecule has 0 heterocycles. The molecule has 0 radical (unpaired) electrons. The van der Waals surface area contributed by atoms with E-state index in [0.29, 0.717) is 18.3 Å². The fourth-order valence-corrected chi connectivity index (χ4v) is 5.35. The first-order valence-corrected chi connectivity index (χ1v) is 9.38. The monoisotopic (exact) mass is 348 g/mol. The fraction of sp³-hybridized carbons (Fsp3) is 0.650. The maximum absolute atomic E-state index is 14.0. The van der Waals surface area contributed by atoms with Crippen LogP contribution in [0.4, 0.5) is 4.39 Å². The summed E-state index contributed by atoms with van der Waals surface area (Å²) in [6.45, 7) is 1.94. The van der Waals surface area contributed by atoms with Gasteiger partial charge in [0.15, 0.2) is 17.9 Å². The van der Waals surface area contributed by atoms with Crippen LogP contribution in [-0.4, -0.2) is 23.5 Å². The van der Waals surface area contributed by atoms with Crippen LogP contribution in [0.5, 0.6) is 5.75 Å².